The van der Waals surface area contributed by atoms with Gasteiger partial charge in [0.2, 0.25) is 0 Å². The molecule has 0 saturated carbocycles. The van der Waals surface area contributed by atoms with E-state index in [2.05, 4.69) is 20.9 Å². The fourth-order valence-electron chi connectivity index (χ4n) is 4.11. The molecule has 3 aromatic rings. The Kier molecular flexibility index (Phi) is 6.05. The third-order valence-electron chi connectivity index (χ3n) is 5.96. The molecule has 0 atom stereocenters. The highest BCUT2D eigenvalue weighted by atomic mass is 79.9. The number of benzene rings is 2. The Bertz CT molecular complexity index is 1410. The Balaban J connectivity index is 1.33. The molecule has 1 fully saturated rings. The molecule has 5 rings (SSSR count). The summed E-state index contributed by atoms with van der Waals surface area (Å²) in [7, 11) is 0. The number of amides is 1. The molecular weight excluding hydrogens is 515 g/mol. The summed E-state index contributed by atoms with van der Waals surface area (Å²) in [5.74, 6) is -0.387. The number of fused-ring (bicyclic) bond motifs is 1. The van der Waals surface area contributed by atoms with Gasteiger partial charge in [0.25, 0.3) is 5.91 Å². The number of ether oxygens (including phenoxy) is 1. The van der Waals surface area contributed by atoms with Gasteiger partial charge in [0, 0.05) is 42.4 Å². The molecule has 0 unspecified atom stereocenters. The Hall–Kier alpha value is -4.03. The molecule has 174 valence electrons. The van der Waals surface area contributed by atoms with Gasteiger partial charge in [0.05, 0.1) is 16.7 Å². The van der Waals surface area contributed by atoms with E-state index in [1.165, 1.54) is 24.4 Å². The van der Waals surface area contributed by atoms with Crippen LogP contribution in [-0.2, 0) is 4.74 Å². The van der Waals surface area contributed by atoms with Gasteiger partial charge in [-0.2, -0.15) is 5.26 Å². The maximum absolute atomic E-state index is 14.6. The van der Waals surface area contributed by atoms with Gasteiger partial charge in [-0.25, -0.2) is 14.2 Å². The summed E-state index contributed by atoms with van der Waals surface area (Å²) in [4.78, 5) is 33.2. The molecule has 1 saturated heterocycles. The summed E-state index contributed by atoms with van der Waals surface area (Å²) in [5, 5.41) is 8.92. The summed E-state index contributed by atoms with van der Waals surface area (Å²) in [6.07, 6.45) is 3.14. The van der Waals surface area contributed by atoms with Crippen LogP contribution < -0.4 is 4.90 Å². The largest absolute Gasteiger partial charge is 0.422 e. The van der Waals surface area contributed by atoms with Crippen molar-refractivity contribution in [2.45, 2.75) is 0 Å². The van der Waals surface area contributed by atoms with Crippen LogP contribution in [0.2, 0.25) is 0 Å². The van der Waals surface area contributed by atoms with Crippen molar-refractivity contribution in [3.05, 3.63) is 92.8 Å². The van der Waals surface area contributed by atoms with Crippen LogP contribution in [0.4, 0.5) is 10.2 Å². The van der Waals surface area contributed by atoms with Crippen molar-refractivity contribution in [3.8, 4) is 6.07 Å². The molecule has 7 nitrogen and oxygen atoms in total. The fraction of sp³-hybridized carbons (Fsp3) is 0.154. The monoisotopic (exact) mass is 532 g/mol. The number of cyclic esters (lactones) is 1. The van der Waals surface area contributed by atoms with Gasteiger partial charge in [0.15, 0.2) is 0 Å². The minimum absolute atomic E-state index is 0.0388. The van der Waals surface area contributed by atoms with E-state index in [9.17, 15) is 14.0 Å². The van der Waals surface area contributed by atoms with E-state index < -0.39 is 17.7 Å². The highest BCUT2D eigenvalue weighted by Gasteiger charge is 2.28. The third-order valence-corrected chi connectivity index (χ3v) is 6.45. The first kappa shape index (κ1) is 22.7. The van der Waals surface area contributed by atoms with E-state index in [4.69, 9.17) is 10.00 Å². The lowest BCUT2D eigenvalue weighted by Gasteiger charge is -2.35. The molecule has 9 heteroatoms. The number of carbonyl (C=O) groups is 2. The first-order chi connectivity index (χ1) is 16.9. The molecule has 1 amide bonds. The van der Waals surface area contributed by atoms with Crippen LogP contribution >= 0.6 is 15.9 Å². The van der Waals surface area contributed by atoms with E-state index in [0.717, 1.165) is 10.3 Å². The number of hydrogen-bond acceptors (Lipinski definition) is 6. The van der Waals surface area contributed by atoms with Gasteiger partial charge in [-0.15, -0.1) is 0 Å². The van der Waals surface area contributed by atoms with Gasteiger partial charge in [-0.05, 0) is 54.1 Å². The van der Waals surface area contributed by atoms with Crippen LogP contribution in [-0.4, -0.2) is 47.9 Å². The minimum Gasteiger partial charge on any atom is -0.422 e. The van der Waals surface area contributed by atoms with E-state index in [0.29, 0.717) is 54.2 Å². The quantitative estimate of drug-likeness (QED) is 0.462. The number of nitrogens with zero attached hydrogens (tertiary/aromatic N) is 4. The van der Waals surface area contributed by atoms with Crippen LogP contribution in [0.15, 0.2) is 59.2 Å². The lowest BCUT2D eigenvalue weighted by molar-refractivity contribution is 0.0714. The topological polar surface area (TPSA) is 86.5 Å². The molecule has 1 aromatic heterocycles. The molecule has 0 aliphatic carbocycles. The SMILES string of the molecule is N#Cc1ccc(N2CCN(C(=O)c3cc(C=C4OC(=O)c5ccc(Br)cc54)ccc3F)CC2)nc1. The van der Waals surface area contributed by atoms with Gasteiger partial charge < -0.3 is 14.5 Å². The number of rotatable bonds is 3. The number of carbonyl (C=O) groups excluding carboxylic acids is 2. The second-order valence-corrected chi connectivity index (χ2v) is 9.04. The van der Waals surface area contributed by atoms with E-state index in [1.807, 2.05) is 11.0 Å². The standard InChI is InChI=1S/C26H18BrFN4O3/c27-18-3-4-19-20(13-18)23(35-26(19)34)12-16-1-5-22(28)21(11-16)25(33)32-9-7-31(8-10-32)24-6-2-17(14-29)15-30-24/h1-6,11-13,15H,7-10H2. The highest BCUT2D eigenvalue weighted by Crippen LogP contribution is 2.33. The second kappa shape index (κ2) is 9.31. The predicted molar refractivity (Wildman–Crippen MR) is 131 cm³/mol. The second-order valence-electron chi connectivity index (χ2n) is 8.12. The molecule has 0 radical (unpaired) electrons. The molecular formula is C26H18BrFN4O3. The Morgan fingerprint density at radius 1 is 1.09 bits per heavy atom. The van der Waals surface area contributed by atoms with Gasteiger partial charge >= 0.3 is 5.97 Å². The minimum atomic E-state index is -0.611. The van der Waals surface area contributed by atoms with Crippen LogP contribution in [0.3, 0.4) is 0 Å². The molecule has 0 spiro atoms. The van der Waals surface area contributed by atoms with Crippen molar-refractivity contribution < 1.29 is 18.7 Å². The number of piperazine rings is 1. The summed E-state index contributed by atoms with van der Waals surface area (Å²) in [6, 6.07) is 15.0. The normalized spacial score (nSPS) is 16.1. The molecule has 0 N–H and O–H groups in total. The van der Waals surface area contributed by atoms with Crippen molar-refractivity contribution in [3.63, 3.8) is 0 Å². The van der Waals surface area contributed by atoms with E-state index >= 15 is 0 Å². The number of aromatic nitrogens is 1. The van der Waals surface area contributed by atoms with Crippen molar-refractivity contribution in [2.75, 3.05) is 31.1 Å². The summed E-state index contributed by atoms with van der Waals surface area (Å²) >= 11 is 3.39. The zero-order chi connectivity index (χ0) is 24.5. The third kappa shape index (κ3) is 4.53. The van der Waals surface area contributed by atoms with Gasteiger partial charge in [-0.1, -0.05) is 22.0 Å². The van der Waals surface area contributed by atoms with Crippen LogP contribution in [0, 0.1) is 17.1 Å². The molecule has 35 heavy (non-hydrogen) atoms. The molecule has 2 aliphatic heterocycles. The van der Waals surface area contributed by atoms with Crippen LogP contribution in [0.25, 0.3) is 11.8 Å². The van der Waals surface area contributed by atoms with Crippen LogP contribution in [0.1, 0.15) is 37.4 Å². The highest BCUT2D eigenvalue weighted by molar-refractivity contribution is 9.10. The van der Waals surface area contributed by atoms with Crippen LogP contribution in [0.5, 0.6) is 0 Å². The predicted octanol–water partition coefficient (Wildman–Crippen LogP) is 4.49. The lowest BCUT2D eigenvalue weighted by atomic mass is 10.0. The van der Waals surface area contributed by atoms with Gasteiger partial charge in [0.1, 0.15) is 23.5 Å². The molecule has 0 bridgehead atoms. The fourth-order valence-corrected chi connectivity index (χ4v) is 4.47. The molecule has 2 aromatic carbocycles. The molecule has 3 heterocycles. The Morgan fingerprint density at radius 3 is 2.60 bits per heavy atom. The maximum Gasteiger partial charge on any atom is 0.344 e. The maximum atomic E-state index is 14.6. The first-order valence-corrected chi connectivity index (χ1v) is 11.7. The van der Waals surface area contributed by atoms with Crippen molar-refractivity contribution >= 4 is 45.5 Å². The zero-order valence-corrected chi connectivity index (χ0v) is 20.0. The lowest BCUT2D eigenvalue weighted by Crippen LogP contribution is -2.49. The van der Waals surface area contributed by atoms with Gasteiger partial charge in [-0.3, -0.25) is 4.79 Å². The number of halogens is 2. The van der Waals surface area contributed by atoms with Crippen molar-refractivity contribution in [1.29, 1.82) is 5.26 Å². The summed E-state index contributed by atoms with van der Waals surface area (Å²) in [6.45, 7) is 1.89. The number of esters is 1. The Morgan fingerprint density at radius 2 is 1.89 bits per heavy atom. The zero-order valence-electron chi connectivity index (χ0n) is 18.4. The summed E-state index contributed by atoms with van der Waals surface area (Å²) < 4.78 is 20.8. The van der Waals surface area contributed by atoms with Crippen molar-refractivity contribution in [2.24, 2.45) is 0 Å². The van der Waals surface area contributed by atoms with E-state index in [1.54, 1.807) is 41.3 Å². The average Bonchev–Trinajstić information content (AvgIpc) is 3.19. The smallest absolute Gasteiger partial charge is 0.344 e. The number of hydrogen-bond donors (Lipinski definition) is 0. The van der Waals surface area contributed by atoms with E-state index in [-0.39, 0.29) is 5.56 Å². The van der Waals surface area contributed by atoms with Crippen molar-refractivity contribution in [1.82, 2.24) is 9.88 Å². The number of nitriles is 1. The number of pyridine rings is 1. The average molecular weight is 533 g/mol. The molecule has 2 aliphatic rings. The first-order valence-electron chi connectivity index (χ1n) is 10.9. The Labute approximate surface area is 209 Å². The summed E-state index contributed by atoms with van der Waals surface area (Å²) in [5.41, 5.74) is 2.08. The number of anilines is 1.